The van der Waals surface area contributed by atoms with Crippen LogP contribution in [0.5, 0.6) is 0 Å². The topological polar surface area (TPSA) is 75.4 Å². The SMILES string of the molecule is CN1CCC(Nc2cc(S(=O)(=O)c3ccccc3)ccc2CN)C(F)C1. The number of nitrogens with zero attached hydrogens (tertiary/aromatic N) is 1. The predicted molar refractivity (Wildman–Crippen MR) is 101 cm³/mol. The van der Waals surface area contributed by atoms with Crippen molar-refractivity contribution in [1.82, 2.24) is 4.90 Å². The van der Waals surface area contributed by atoms with Gasteiger partial charge in [-0.3, -0.25) is 0 Å². The van der Waals surface area contributed by atoms with Crippen molar-refractivity contribution in [1.29, 1.82) is 0 Å². The Morgan fingerprint density at radius 3 is 2.58 bits per heavy atom. The average Bonchev–Trinajstić information content (AvgIpc) is 2.64. The van der Waals surface area contributed by atoms with Gasteiger partial charge in [0.05, 0.1) is 15.8 Å². The second kappa shape index (κ2) is 7.73. The van der Waals surface area contributed by atoms with Gasteiger partial charge in [-0.25, -0.2) is 12.8 Å². The van der Waals surface area contributed by atoms with Crippen LogP contribution in [0.4, 0.5) is 10.1 Å². The Hall–Kier alpha value is -1.96. The van der Waals surface area contributed by atoms with Crippen LogP contribution in [-0.4, -0.2) is 45.7 Å². The third-order valence-electron chi connectivity index (χ3n) is 4.75. The molecule has 2 atom stereocenters. The van der Waals surface area contributed by atoms with Crippen LogP contribution in [0.15, 0.2) is 58.3 Å². The molecule has 3 N–H and O–H groups in total. The summed E-state index contributed by atoms with van der Waals surface area (Å²) in [7, 11) is -1.74. The van der Waals surface area contributed by atoms with Gasteiger partial charge < -0.3 is 16.0 Å². The Morgan fingerprint density at radius 1 is 1.19 bits per heavy atom. The fraction of sp³-hybridized carbons (Fsp3) is 0.368. The van der Waals surface area contributed by atoms with Crippen LogP contribution in [0.1, 0.15) is 12.0 Å². The molecule has 0 aromatic heterocycles. The summed E-state index contributed by atoms with van der Waals surface area (Å²) in [6, 6.07) is 12.7. The summed E-state index contributed by atoms with van der Waals surface area (Å²) in [6.45, 7) is 1.40. The summed E-state index contributed by atoms with van der Waals surface area (Å²) in [6.07, 6.45) is -0.370. The zero-order valence-electron chi connectivity index (χ0n) is 14.7. The van der Waals surface area contributed by atoms with E-state index in [1.54, 1.807) is 48.5 Å². The van der Waals surface area contributed by atoms with Crippen LogP contribution in [0.2, 0.25) is 0 Å². The lowest BCUT2D eigenvalue weighted by molar-refractivity contribution is 0.149. The van der Waals surface area contributed by atoms with E-state index in [2.05, 4.69) is 5.32 Å². The zero-order valence-corrected chi connectivity index (χ0v) is 15.5. The van der Waals surface area contributed by atoms with Crippen molar-refractivity contribution < 1.29 is 12.8 Å². The number of sulfone groups is 1. The van der Waals surface area contributed by atoms with E-state index in [1.165, 1.54) is 0 Å². The largest absolute Gasteiger partial charge is 0.379 e. The first kappa shape index (κ1) is 18.8. The maximum absolute atomic E-state index is 14.4. The van der Waals surface area contributed by atoms with Crippen LogP contribution >= 0.6 is 0 Å². The van der Waals surface area contributed by atoms with Crippen molar-refractivity contribution in [3.05, 3.63) is 54.1 Å². The Bertz CT molecular complexity index is 858. The first-order chi connectivity index (χ1) is 12.4. The molecule has 1 saturated heterocycles. The number of piperidine rings is 1. The highest BCUT2D eigenvalue weighted by atomic mass is 32.2. The molecule has 1 aliphatic rings. The quantitative estimate of drug-likeness (QED) is 0.837. The number of hydrogen-bond donors (Lipinski definition) is 2. The van der Waals surface area contributed by atoms with Crippen LogP contribution in [-0.2, 0) is 16.4 Å². The molecule has 26 heavy (non-hydrogen) atoms. The standard InChI is InChI=1S/C19H24FN3O2S/c1-23-10-9-18(17(20)13-23)22-19-11-16(8-7-14(19)12-21)26(24,25)15-5-3-2-4-6-15/h2-8,11,17-18,22H,9-10,12-13,21H2,1H3. The summed E-state index contributed by atoms with van der Waals surface area (Å²) in [4.78, 5) is 2.35. The summed E-state index contributed by atoms with van der Waals surface area (Å²) >= 11 is 0. The molecule has 0 spiro atoms. The first-order valence-corrected chi connectivity index (χ1v) is 10.1. The molecule has 5 nitrogen and oxygen atoms in total. The second-order valence-electron chi connectivity index (χ2n) is 6.66. The molecule has 1 aliphatic heterocycles. The molecular weight excluding hydrogens is 353 g/mol. The van der Waals surface area contributed by atoms with E-state index in [9.17, 15) is 12.8 Å². The van der Waals surface area contributed by atoms with Crippen LogP contribution in [0.25, 0.3) is 0 Å². The predicted octanol–water partition coefficient (Wildman–Crippen LogP) is 2.43. The summed E-state index contributed by atoms with van der Waals surface area (Å²) in [5, 5.41) is 3.19. The van der Waals surface area contributed by atoms with Crippen molar-refractivity contribution in [2.75, 3.05) is 25.5 Å². The van der Waals surface area contributed by atoms with Crippen LogP contribution in [0, 0.1) is 0 Å². The minimum atomic E-state index is -3.63. The lowest BCUT2D eigenvalue weighted by Gasteiger charge is -2.33. The molecule has 7 heteroatoms. The van der Waals surface area contributed by atoms with Gasteiger partial charge in [-0.2, -0.15) is 0 Å². The molecule has 3 rings (SSSR count). The minimum absolute atomic E-state index is 0.173. The van der Waals surface area contributed by atoms with Gasteiger partial charge in [-0.1, -0.05) is 24.3 Å². The van der Waals surface area contributed by atoms with Crippen molar-refractivity contribution in [3.63, 3.8) is 0 Å². The molecule has 140 valence electrons. The number of likely N-dealkylation sites (tertiary alicyclic amines) is 1. The Balaban J connectivity index is 1.92. The third kappa shape index (κ3) is 3.90. The molecular formula is C19H24FN3O2S. The maximum atomic E-state index is 14.4. The molecule has 1 heterocycles. The molecule has 0 saturated carbocycles. The first-order valence-electron chi connectivity index (χ1n) is 8.64. The molecule has 1 fully saturated rings. The monoisotopic (exact) mass is 377 g/mol. The van der Waals surface area contributed by atoms with E-state index in [0.29, 0.717) is 18.7 Å². The van der Waals surface area contributed by atoms with Crippen molar-refractivity contribution in [2.24, 2.45) is 5.73 Å². The van der Waals surface area contributed by atoms with Gasteiger partial charge in [0.1, 0.15) is 6.17 Å². The number of rotatable bonds is 5. The summed E-state index contributed by atoms with van der Waals surface area (Å²) in [5.41, 5.74) is 7.14. The van der Waals surface area contributed by atoms with Crippen molar-refractivity contribution >= 4 is 15.5 Å². The second-order valence-corrected chi connectivity index (χ2v) is 8.61. The number of nitrogens with one attached hydrogen (secondary N) is 1. The summed E-state index contributed by atoms with van der Waals surface area (Å²) in [5.74, 6) is 0. The molecule has 0 radical (unpaired) electrons. The van der Waals surface area contributed by atoms with E-state index in [1.807, 2.05) is 11.9 Å². The van der Waals surface area contributed by atoms with Crippen LogP contribution in [0.3, 0.4) is 0 Å². The van der Waals surface area contributed by atoms with Crippen molar-refractivity contribution in [3.8, 4) is 0 Å². The molecule has 2 aromatic rings. The lowest BCUT2D eigenvalue weighted by atomic mass is 10.0. The number of hydrogen-bond acceptors (Lipinski definition) is 5. The van der Waals surface area contributed by atoms with E-state index in [4.69, 9.17) is 5.73 Å². The van der Waals surface area contributed by atoms with Gasteiger partial charge in [0, 0.05) is 25.3 Å². The highest BCUT2D eigenvalue weighted by molar-refractivity contribution is 7.91. The molecule has 0 aliphatic carbocycles. The maximum Gasteiger partial charge on any atom is 0.206 e. The average molecular weight is 377 g/mol. The van der Waals surface area contributed by atoms with Gasteiger partial charge in [-0.15, -0.1) is 0 Å². The van der Waals surface area contributed by atoms with Gasteiger partial charge in [0.25, 0.3) is 0 Å². The van der Waals surface area contributed by atoms with E-state index >= 15 is 0 Å². The third-order valence-corrected chi connectivity index (χ3v) is 6.52. The lowest BCUT2D eigenvalue weighted by Crippen LogP contribution is -2.46. The molecule has 2 aromatic carbocycles. The highest BCUT2D eigenvalue weighted by Gasteiger charge is 2.28. The number of nitrogens with two attached hydrogens (primary N) is 1. The van der Waals surface area contributed by atoms with Gasteiger partial charge in [0.15, 0.2) is 0 Å². The van der Waals surface area contributed by atoms with Crippen LogP contribution < -0.4 is 11.1 Å². The van der Waals surface area contributed by atoms with Gasteiger partial charge in [-0.05, 0) is 43.3 Å². The number of alkyl halides is 1. The van der Waals surface area contributed by atoms with E-state index < -0.39 is 16.0 Å². The normalized spacial score (nSPS) is 21.5. The Labute approximate surface area is 153 Å². The van der Waals surface area contributed by atoms with E-state index in [0.717, 1.165) is 12.1 Å². The molecule has 0 bridgehead atoms. The fourth-order valence-electron chi connectivity index (χ4n) is 3.19. The van der Waals surface area contributed by atoms with Crippen molar-refractivity contribution in [2.45, 2.75) is 35.0 Å². The van der Waals surface area contributed by atoms with Gasteiger partial charge >= 0.3 is 0 Å². The molecule has 0 amide bonds. The fourth-order valence-corrected chi connectivity index (χ4v) is 4.50. The number of benzene rings is 2. The zero-order chi connectivity index (χ0) is 18.7. The summed E-state index contributed by atoms with van der Waals surface area (Å²) < 4.78 is 40.1. The molecule has 2 unspecified atom stereocenters. The van der Waals surface area contributed by atoms with E-state index in [-0.39, 0.29) is 22.4 Å². The Morgan fingerprint density at radius 2 is 1.92 bits per heavy atom. The highest BCUT2D eigenvalue weighted by Crippen LogP contribution is 2.28. The van der Waals surface area contributed by atoms with Gasteiger partial charge in [0.2, 0.25) is 9.84 Å². The smallest absolute Gasteiger partial charge is 0.206 e. The number of anilines is 1. The Kier molecular flexibility index (Phi) is 5.60. The minimum Gasteiger partial charge on any atom is -0.379 e. The number of halogens is 1.